The molecule has 0 saturated carbocycles. The summed E-state index contributed by atoms with van der Waals surface area (Å²) in [6, 6.07) is 16.0. The molecule has 0 bridgehead atoms. The van der Waals surface area contributed by atoms with Crippen LogP contribution in [-0.2, 0) is 0 Å². The fraction of sp³-hybridized carbons (Fsp3) is 0.0952. The first-order valence-electron chi connectivity index (χ1n) is 8.34. The van der Waals surface area contributed by atoms with Crippen LogP contribution in [0, 0.1) is 6.92 Å². The molecule has 0 aliphatic rings. The van der Waals surface area contributed by atoms with Crippen LogP contribution in [0.1, 0.15) is 26.3 Å². The number of amides is 2. The van der Waals surface area contributed by atoms with Crippen LogP contribution in [0.3, 0.4) is 0 Å². The van der Waals surface area contributed by atoms with Crippen molar-refractivity contribution in [3.05, 3.63) is 83.7 Å². The van der Waals surface area contributed by atoms with E-state index in [4.69, 9.17) is 4.74 Å². The second kappa shape index (κ2) is 8.14. The maximum atomic E-state index is 12.5. The average Bonchev–Trinajstić information content (AvgIpc) is 2.70. The molecule has 6 nitrogen and oxygen atoms in total. The number of rotatable bonds is 5. The van der Waals surface area contributed by atoms with Crippen molar-refractivity contribution in [2.75, 3.05) is 17.7 Å². The van der Waals surface area contributed by atoms with Crippen LogP contribution in [-0.4, -0.2) is 23.9 Å². The summed E-state index contributed by atoms with van der Waals surface area (Å²) in [7, 11) is 1.58. The molecule has 2 N–H and O–H groups in total. The van der Waals surface area contributed by atoms with Gasteiger partial charge >= 0.3 is 0 Å². The van der Waals surface area contributed by atoms with Gasteiger partial charge in [0, 0.05) is 23.8 Å². The maximum absolute atomic E-state index is 12.5. The molecule has 0 unspecified atom stereocenters. The van der Waals surface area contributed by atoms with Gasteiger partial charge in [0.15, 0.2) is 0 Å². The third-order valence-electron chi connectivity index (χ3n) is 4.00. The van der Waals surface area contributed by atoms with Gasteiger partial charge in [-0.3, -0.25) is 14.6 Å². The number of carbonyl (C=O) groups is 2. The summed E-state index contributed by atoms with van der Waals surface area (Å²) in [6.07, 6.45) is 2.85. The Bertz CT molecular complexity index is 968. The van der Waals surface area contributed by atoms with Crippen molar-refractivity contribution in [1.82, 2.24) is 4.98 Å². The Morgan fingerprint density at radius 2 is 1.52 bits per heavy atom. The largest absolute Gasteiger partial charge is 0.497 e. The van der Waals surface area contributed by atoms with Crippen molar-refractivity contribution in [2.45, 2.75) is 6.92 Å². The first kappa shape index (κ1) is 18.1. The molecule has 0 atom stereocenters. The molecule has 3 rings (SSSR count). The van der Waals surface area contributed by atoms with Crippen molar-refractivity contribution in [3.63, 3.8) is 0 Å². The van der Waals surface area contributed by atoms with Gasteiger partial charge in [-0.05, 0) is 48.9 Å². The van der Waals surface area contributed by atoms with Gasteiger partial charge in [-0.15, -0.1) is 0 Å². The third kappa shape index (κ3) is 4.49. The zero-order valence-corrected chi connectivity index (χ0v) is 15.0. The molecule has 0 aliphatic heterocycles. The minimum atomic E-state index is -0.349. The van der Waals surface area contributed by atoms with E-state index in [1.807, 2.05) is 31.2 Å². The van der Waals surface area contributed by atoms with E-state index < -0.39 is 0 Å². The number of pyridine rings is 1. The van der Waals surface area contributed by atoms with E-state index >= 15 is 0 Å². The van der Waals surface area contributed by atoms with Crippen molar-refractivity contribution in [2.24, 2.45) is 0 Å². The summed E-state index contributed by atoms with van der Waals surface area (Å²) in [5.41, 5.74) is 2.89. The Labute approximate surface area is 157 Å². The summed E-state index contributed by atoms with van der Waals surface area (Å²) >= 11 is 0. The zero-order chi connectivity index (χ0) is 19.2. The number of aromatic nitrogens is 1. The summed E-state index contributed by atoms with van der Waals surface area (Å²) in [5, 5.41) is 5.60. The topological polar surface area (TPSA) is 80.3 Å². The van der Waals surface area contributed by atoms with Gasteiger partial charge in [0.2, 0.25) is 0 Å². The van der Waals surface area contributed by atoms with Crippen LogP contribution >= 0.6 is 0 Å². The molecule has 1 heterocycles. The predicted molar refractivity (Wildman–Crippen MR) is 104 cm³/mol. The first-order valence-corrected chi connectivity index (χ1v) is 8.34. The number of nitrogens with one attached hydrogen (secondary N) is 2. The lowest BCUT2D eigenvalue weighted by Gasteiger charge is -2.09. The number of nitrogens with zero attached hydrogens (tertiary/aromatic N) is 1. The number of para-hydroxylation sites is 1. The molecule has 6 heteroatoms. The van der Waals surface area contributed by atoms with Gasteiger partial charge in [0.25, 0.3) is 11.8 Å². The lowest BCUT2D eigenvalue weighted by Crippen LogP contribution is -2.16. The van der Waals surface area contributed by atoms with E-state index in [1.165, 1.54) is 18.5 Å². The molecule has 2 aromatic carbocycles. The van der Waals surface area contributed by atoms with Crippen LogP contribution in [0.4, 0.5) is 11.4 Å². The molecule has 27 heavy (non-hydrogen) atoms. The van der Waals surface area contributed by atoms with E-state index in [9.17, 15) is 9.59 Å². The second-order valence-electron chi connectivity index (χ2n) is 5.91. The Morgan fingerprint density at radius 1 is 0.889 bits per heavy atom. The summed E-state index contributed by atoms with van der Waals surface area (Å²) in [5.74, 6) is 0.0265. The van der Waals surface area contributed by atoms with E-state index in [2.05, 4.69) is 15.6 Å². The highest BCUT2D eigenvalue weighted by molar-refractivity contribution is 6.08. The number of aryl methyl sites for hydroxylation is 1. The molecule has 136 valence electrons. The molecular weight excluding hydrogens is 342 g/mol. The molecule has 3 aromatic rings. The van der Waals surface area contributed by atoms with E-state index in [0.717, 1.165) is 11.3 Å². The lowest BCUT2D eigenvalue weighted by molar-refractivity contribution is 0.102. The molecule has 0 fully saturated rings. The quantitative estimate of drug-likeness (QED) is 0.722. The Morgan fingerprint density at radius 3 is 2.15 bits per heavy atom. The number of hydrogen-bond acceptors (Lipinski definition) is 4. The third-order valence-corrected chi connectivity index (χ3v) is 4.00. The fourth-order valence-corrected chi connectivity index (χ4v) is 2.47. The summed E-state index contributed by atoms with van der Waals surface area (Å²) < 4.78 is 5.09. The normalized spacial score (nSPS) is 10.1. The van der Waals surface area contributed by atoms with Gasteiger partial charge in [-0.2, -0.15) is 0 Å². The standard InChI is InChI=1S/C21H19N3O3/c1-14-5-3-4-6-19(14)24-21(26)16-11-15(12-22-13-16)20(25)23-17-7-9-18(27-2)10-8-17/h3-13H,1-2H3,(H,23,25)(H,24,26). The highest BCUT2D eigenvalue weighted by atomic mass is 16.5. The van der Waals surface area contributed by atoms with Gasteiger partial charge in [0.1, 0.15) is 5.75 Å². The number of anilines is 2. The maximum Gasteiger partial charge on any atom is 0.257 e. The highest BCUT2D eigenvalue weighted by Crippen LogP contribution is 2.17. The van der Waals surface area contributed by atoms with Crippen LogP contribution in [0.2, 0.25) is 0 Å². The van der Waals surface area contributed by atoms with Gasteiger partial charge in [-0.1, -0.05) is 18.2 Å². The number of ether oxygens (including phenoxy) is 1. The number of methoxy groups -OCH3 is 1. The summed E-state index contributed by atoms with van der Waals surface area (Å²) in [4.78, 5) is 28.9. The number of benzene rings is 2. The molecule has 0 radical (unpaired) electrons. The Balaban J connectivity index is 1.73. The van der Waals surface area contributed by atoms with Gasteiger partial charge < -0.3 is 15.4 Å². The van der Waals surface area contributed by atoms with Crippen LogP contribution in [0.5, 0.6) is 5.75 Å². The van der Waals surface area contributed by atoms with Crippen molar-refractivity contribution in [1.29, 1.82) is 0 Å². The number of hydrogen-bond donors (Lipinski definition) is 2. The molecule has 0 saturated heterocycles. The first-order chi connectivity index (χ1) is 13.1. The van der Waals surface area contributed by atoms with Gasteiger partial charge in [0.05, 0.1) is 18.2 Å². The molecule has 0 aliphatic carbocycles. The monoisotopic (exact) mass is 361 g/mol. The minimum Gasteiger partial charge on any atom is -0.497 e. The van der Waals surface area contributed by atoms with E-state index in [1.54, 1.807) is 31.4 Å². The Kier molecular flexibility index (Phi) is 5.47. The Hall–Kier alpha value is -3.67. The van der Waals surface area contributed by atoms with Crippen LogP contribution in [0.25, 0.3) is 0 Å². The number of carbonyl (C=O) groups excluding carboxylic acids is 2. The molecule has 2 amide bonds. The van der Waals surface area contributed by atoms with Gasteiger partial charge in [-0.25, -0.2) is 0 Å². The van der Waals surface area contributed by atoms with Crippen LogP contribution < -0.4 is 15.4 Å². The predicted octanol–water partition coefficient (Wildman–Crippen LogP) is 3.90. The molecular formula is C21H19N3O3. The second-order valence-corrected chi connectivity index (χ2v) is 5.91. The van der Waals surface area contributed by atoms with Crippen LogP contribution in [0.15, 0.2) is 67.0 Å². The minimum absolute atomic E-state index is 0.295. The van der Waals surface area contributed by atoms with Crippen molar-refractivity contribution < 1.29 is 14.3 Å². The van der Waals surface area contributed by atoms with Crippen molar-refractivity contribution in [3.8, 4) is 5.75 Å². The lowest BCUT2D eigenvalue weighted by atomic mass is 10.1. The van der Waals surface area contributed by atoms with E-state index in [0.29, 0.717) is 22.6 Å². The molecule has 1 aromatic heterocycles. The SMILES string of the molecule is COc1ccc(NC(=O)c2cncc(C(=O)Nc3ccccc3C)c2)cc1. The molecule has 0 spiro atoms. The average molecular weight is 361 g/mol. The smallest absolute Gasteiger partial charge is 0.257 e. The van der Waals surface area contributed by atoms with E-state index in [-0.39, 0.29) is 11.8 Å². The summed E-state index contributed by atoms with van der Waals surface area (Å²) in [6.45, 7) is 1.91. The fourth-order valence-electron chi connectivity index (χ4n) is 2.47. The van der Waals surface area contributed by atoms with Crippen molar-refractivity contribution >= 4 is 23.2 Å². The zero-order valence-electron chi connectivity index (χ0n) is 15.0. The highest BCUT2D eigenvalue weighted by Gasteiger charge is 2.12.